The van der Waals surface area contributed by atoms with Crippen LogP contribution in [0.5, 0.6) is 5.75 Å². The zero-order valence-corrected chi connectivity index (χ0v) is 11.8. The summed E-state index contributed by atoms with van der Waals surface area (Å²) in [5, 5.41) is 20.7. The molecule has 2 rings (SSSR count). The van der Waals surface area contributed by atoms with E-state index in [0.29, 0.717) is 0 Å². The smallest absolute Gasteiger partial charge is 0.254 e. The molecule has 2 aromatic rings. The SMILES string of the molecule is O=C(NCC(O)c1c(F)cccc1F)c1cc(F)c(F)c(O)c1F. The summed E-state index contributed by atoms with van der Waals surface area (Å²) in [5.74, 6) is -10.4. The summed E-state index contributed by atoms with van der Waals surface area (Å²) in [6, 6.07) is 3.04. The number of hydrogen-bond donors (Lipinski definition) is 3. The predicted molar refractivity (Wildman–Crippen MR) is 71.6 cm³/mol. The Bertz CT molecular complexity index is 777. The molecule has 2 aromatic carbocycles. The fourth-order valence-electron chi connectivity index (χ4n) is 1.97. The van der Waals surface area contributed by atoms with E-state index >= 15 is 0 Å². The number of benzene rings is 2. The molecule has 0 saturated heterocycles. The van der Waals surface area contributed by atoms with E-state index < -0.39 is 64.5 Å². The first kappa shape index (κ1) is 17.7. The number of carbonyl (C=O) groups is 1. The van der Waals surface area contributed by atoms with E-state index in [0.717, 1.165) is 18.2 Å². The number of hydrogen-bond acceptors (Lipinski definition) is 3. The van der Waals surface area contributed by atoms with Crippen molar-refractivity contribution in [2.24, 2.45) is 0 Å². The standard InChI is InChI=1S/C15H10F5NO3/c16-7-2-1-3-8(17)11(7)10(22)5-21-15(24)6-4-9(18)13(20)14(23)12(6)19/h1-4,10,22-23H,5H2,(H,21,24). The lowest BCUT2D eigenvalue weighted by molar-refractivity contribution is 0.0905. The van der Waals surface area contributed by atoms with Crippen molar-refractivity contribution >= 4 is 5.91 Å². The molecule has 0 aliphatic heterocycles. The summed E-state index contributed by atoms with van der Waals surface area (Å²) < 4.78 is 66.6. The minimum Gasteiger partial charge on any atom is -0.503 e. The highest BCUT2D eigenvalue weighted by atomic mass is 19.2. The molecule has 0 bridgehead atoms. The number of rotatable bonds is 4. The maximum absolute atomic E-state index is 13.6. The molecule has 0 aliphatic rings. The third-order valence-electron chi connectivity index (χ3n) is 3.17. The Morgan fingerprint density at radius 1 is 1.04 bits per heavy atom. The van der Waals surface area contributed by atoms with Crippen LogP contribution in [0.15, 0.2) is 24.3 Å². The minimum atomic E-state index is -1.86. The number of carbonyl (C=O) groups excluding carboxylic acids is 1. The lowest BCUT2D eigenvalue weighted by Gasteiger charge is -2.14. The molecule has 0 saturated carbocycles. The molecule has 1 amide bonds. The number of phenols is 1. The monoisotopic (exact) mass is 347 g/mol. The average molecular weight is 347 g/mol. The molecule has 3 N–H and O–H groups in total. The van der Waals surface area contributed by atoms with Crippen LogP contribution in [0.25, 0.3) is 0 Å². The van der Waals surface area contributed by atoms with Crippen LogP contribution in [0.4, 0.5) is 22.0 Å². The van der Waals surface area contributed by atoms with Crippen LogP contribution in [0, 0.1) is 29.1 Å². The summed E-state index contributed by atoms with van der Waals surface area (Å²) in [7, 11) is 0. The second-order valence-corrected chi connectivity index (χ2v) is 4.74. The molecule has 24 heavy (non-hydrogen) atoms. The van der Waals surface area contributed by atoms with Gasteiger partial charge in [-0.25, -0.2) is 17.6 Å². The minimum absolute atomic E-state index is 0.204. The molecule has 0 aromatic heterocycles. The first-order chi connectivity index (χ1) is 11.2. The van der Waals surface area contributed by atoms with Crippen molar-refractivity contribution in [2.75, 3.05) is 6.54 Å². The van der Waals surface area contributed by atoms with Gasteiger partial charge < -0.3 is 15.5 Å². The zero-order chi connectivity index (χ0) is 18.0. The predicted octanol–water partition coefficient (Wildman–Crippen LogP) is 2.55. The second kappa shape index (κ2) is 6.83. The van der Waals surface area contributed by atoms with E-state index in [1.54, 1.807) is 0 Å². The summed E-state index contributed by atoms with van der Waals surface area (Å²) in [5.41, 5.74) is -1.75. The van der Waals surface area contributed by atoms with Gasteiger partial charge in [0.05, 0.1) is 11.1 Å². The fraction of sp³-hybridized carbons (Fsp3) is 0.133. The molecular weight excluding hydrogens is 337 g/mol. The number of phenolic OH excluding ortho intramolecular Hbond substituents is 1. The molecule has 1 atom stereocenters. The van der Waals surface area contributed by atoms with Gasteiger partial charge in [-0.15, -0.1) is 0 Å². The van der Waals surface area contributed by atoms with E-state index in [4.69, 9.17) is 5.11 Å². The highest BCUT2D eigenvalue weighted by Crippen LogP contribution is 2.26. The number of nitrogens with one attached hydrogen (secondary N) is 1. The lowest BCUT2D eigenvalue weighted by atomic mass is 10.1. The normalized spacial score (nSPS) is 12.1. The Kier molecular flexibility index (Phi) is 5.03. The van der Waals surface area contributed by atoms with Crippen molar-refractivity contribution < 1.29 is 37.0 Å². The van der Waals surface area contributed by atoms with Gasteiger partial charge in [0, 0.05) is 6.54 Å². The zero-order valence-electron chi connectivity index (χ0n) is 11.8. The lowest BCUT2D eigenvalue weighted by Crippen LogP contribution is -2.30. The van der Waals surface area contributed by atoms with Crippen LogP contribution >= 0.6 is 0 Å². The van der Waals surface area contributed by atoms with Crippen molar-refractivity contribution in [3.8, 4) is 5.75 Å². The van der Waals surface area contributed by atoms with Crippen LogP contribution < -0.4 is 5.32 Å². The van der Waals surface area contributed by atoms with Gasteiger partial charge in [-0.05, 0) is 18.2 Å². The molecule has 0 radical (unpaired) electrons. The molecule has 128 valence electrons. The third kappa shape index (κ3) is 3.30. The molecule has 0 fully saturated rings. The number of aromatic hydroxyl groups is 1. The Morgan fingerprint density at radius 2 is 1.62 bits per heavy atom. The number of aliphatic hydroxyl groups excluding tert-OH is 1. The average Bonchev–Trinajstić information content (AvgIpc) is 2.53. The first-order valence-electron chi connectivity index (χ1n) is 6.50. The van der Waals surface area contributed by atoms with E-state index in [1.165, 1.54) is 0 Å². The maximum Gasteiger partial charge on any atom is 0.254 e. The highest BCUT2D eigenvalue weighted by Gasteiger charge is 2.24. The van der Waals surface area contributed by atoms with Crippen LogP contribution in [-0.4, -0.2) is 22.7 Å². The summed E-state index contributed by atoms with van der Waals surface area (Å²) >= 11 is 0. The van der Waals surface area contributed by atoms with Crippen molar-refractivity contribution in [1.29, 1.82) is 0 Å². The summed E-state index contributed by atoms with van der Waals surface area (Å²) in [6.45, 7) is -0.740. The highest BCUT2D eigenvalue weighted by molar-refractivity contribution is 5.95. The topological polar surface area (TPSA) is 69.6 Å². The molecule has 4 nitrogen and oxygen atoms in total. The molecule has 0 spiro atoms. The molecular formula is C15H10F5NO3. The van der Waals surface area contributed by atoms with Crippen molar-refractivity contribution in [2.45, 2.75) is 6.10 Å². The number of halogens is 5. The Hall–Kier alpha value is -2.68. The molecule has 0 aliphatic carbocycles. The number of amides is 1. The first-order valence-corrected chi connectivity index (χ1v) is 6.50. The van der Waals surface area contributed by atoms with Crippen LogP contribution in [-0.2, 0) is 0 Å². The van der Waals surface area contributed by atoms with Crippen molar-refractivity contribution in [3.63, 3.8) is 0 Å². The Balaban J connectivity index is 2.17. The third-order valence-corrected chi connectivity index (χ3v) is 3.17. The van der Waals surface area contributed by atoms with Gasteiger partial charge in [0.2, 0.25) is 5.82 Å². The summed E-state index contributed by atoms with van der Waals surface area (Å²) in [6.07, 6.45) is -1.81. The van der Waals surface area contributed by atoms with Gasteiger partial charge in [0.15, 0.2) is 17.4 Å². The maximum atomic E-state index is 13.6. The summed E-state index contributed by atoms with van der Waals surface area (Å²) in [4.78, 5) is 11.7. The Morgan fingerprint density at radius 3 is 2.21 bits per heavy atom. The van der Waals surface area contributed by atoms with E-state index in [-0.39, 0.29) is 6.07 Å². The van der Waals surface area contributed by atoms with Crippen LogP contribution in [0.3, 0.4) is 0 Å². The van der Waals surface area contributed by atoms with Crippen molar-refractivity contribution in [1.82, 2.24) is 5.32 Å². The second-order valence-electron chi connectivity index (χ2n) is 4.74. The van der Waals surface area contributed by atoms with Gasteiger partial charge in [-0.3, -0.25) is 4.79 Å². The quantitative estimate of drug-likeness (QED) is 0.588. The van der Waals surface area contributed by atoms with Crippen LogP contribution in [0.1, 0.15) is 22.0 Å². The fourth-order valence-corrected chi connectivity index (χ4v) is 1.97. The molecule has 1 unspecified atom stereocenters. The van der Waals surface area contributed by atoms with Gasteiger partial charge in [0.1, 0.15) is 17.7 Å². The Labute approximate surface area is 132 Å². The number of aliphatic hydroxyl groups is 1. The van der Waals surface area contributed by atoms with E-state index in [9.17, 15) is 31.9 Å². The molecule has 9 heteroatoms. The van der Waals surface area contributed by atoms with Crippen LogP contribution in [0.2, 0.25) is 0 Å². The van der Waals surface area contributed by atoms with Gasteiger partial charge in [-0.2, -0.15) is 4.39 Å². The van der Waals surface area contributed by atoms with E-state index in [2.05, 4.69) is 0 Å². The molecule has 0 heterocycles. The van der Waals surface area contributed by atoms with E-state index in [1.807, 2.05) is 5.32 Å². The largest absolute Gasteiger partial charge is 0.503 e. The van der Waals surface area contributed by atoms with Crippen molar-refractivity contribution in [3.05, 3.63) is 64.5 Å². The van der Waals surface area contributed by atoms with Gasteiger partial charge >= 0.3 is 0 Å². The van der Waals surface area contributed by atoms with Gasteiger partial charge in [0.25, 0.3) is 5.91 Å². The van der Waals surface area contributed by atoms with Gasteiger partial charge in [-0.1, -0.05) is 6.07 Å².